The van der Waals surface area contributed by atoms with Crippen LogP contribution in [0.2, 0.25) is 0 Å². The molecule has 0 radical (unpaired) electrons. The molecular formula is C20H16F3N3O3. The van der Waals surface area contributed by atoms with Crippen LogP contribution in [0.4, 0.5) is 18.9 Å². The number of carbonyl (C=O) groups excluding carboxylic acids is 1. The number of aromatic nitrogens is 2. The van der Waals surface area contributed by atoms with Crippen molar-refractivity contribution >= 4 is 11.6 Å². The number of nitrogens with zero attached hydrogens (tertiary/aromatic N) is 2. The Morgan fingerprint density at radius 1 is 1.10 bits per heavy atom. The van der Waals surface area contributed by atoms with Crippen molar-refractivity contribution in [1.29, 1.82) is 0 Å². The minimum atomic E-state index is -4.58. The molecule has 0 spiro atoms. The van der Waals surface area contributed by atoms with Crippen LogP contribution in [-0.2, 0) is 12.7 Å². The molecule has 0 aliphatic heterocycles. The van der Waals surface area contributed by atoms with Crippen molar-refractivity contribution in [2.45, 2.75) is 12.7 Å². The van der Waals surface area contributed by atoms with E-state index < -0.39 is 23.2 Å². The van der Waals surface area contributed by atoms with E-state index in [1.54, 1.807) is 24.3 Å². The maximum absolute atomic E-state index is 13.0. The Hall–Kier alpha value is -3.62. The van der Waals surface area contributed by atoms with E-state index in [2.05, 4.69) is 10.4 Å². The number of nitrogens with one attached hydrogen (secondary N) is 1. The average molecular weight is 403 g/mol. The zero-order valence-corrected chi connectivity index (χ0v) is 15.2. The number of amides is 1. The number of carbonyl (C=O) groups is 1. The first kappa shape index (κ1) is 20.1. The molecule has 6 nitrogen and oxygen atoms in total. The molecule has 0 saturated heterocycles. The van der Waals surface area contributed by atoms with E-state index in [0.717, 1.165) is 28.4 Å². The normalized spacial score (nSPS) is 11.2. The summed E-state index contributed by atoms with van der Waals surface area (Å²) in [5, 5.41) is 6.38. The summed E-state index contributed by atoms with van der Waals surface area (Å²) in [6.45, 7) is 0.147. The van der Waals surface area contributed by atoms with Crippen LogP contribution in [0.3, 0.4) is 0 Å². The van der Waals surface area contributed by atoms with Crippen molar-refractivity contribution in [3.63, 3.8) is 0 Å². The fourth-order valence-electron chi connectivity index (χ4n) is 2.61. The van der Waals surface area contributed by atoms with Crippen molar-refractivity contribution < 1.29 is 22.7 Å². The van der Waals surface area contributed by atoms with E-state index in [0.29, 0.717) is 0 Å². The third-order valence-electron chi connectivity index (χ3n) is 4.05. The second-order valence-corrected chi connectivity index (χ2v) is 6.07. The van der Waals surface area contributed by atoms with Gasteiger partial charge in [-0.3, -0.25) is 9.59 Å². The number of methoxy groups -OCH3 is 1. The molecule has 1 aromatic heterocycles. The molecule has 0 aliphatic carbocycles. The van der Waals surface area contributed by atoms with Gasteiger partial charge in [0.25, 0.3) is 11.5 Å². The molecule has 0 aliphatic rings. The van der Waals surface area contributed by atoms with E-state index in [1.165, 1.54) is 19.2 Å². The number of hydrogen-bond acceptors (Lipinski definition) is 4. The van der Waals surface area contributed by atoms with Crippen LogP contribution in [0.25, 0.3) is 0 Å². The predicted molar refractivity (Wildman–Crippen MR) is 100.0 cm³/mol. The van der Waals surface area contributed by atoms with E-state index >= 15 is 0 Å². The molecular weight excluding hydrogens is 387 g/mol. The smallest absolute Gasteiger partial charge is 0.416 e. The number of benzene rings is 2. The van der Waals surface area contributed by atoms with Gasteiger partial charge in [-0.15, -0.1) is 0 Å². The van der Waals surface area contributed by atoms with E-state index in [9.17, 15) is 22.8 Å². The van der Waals surface area contributed by atoms with Crippen molar-refractivity contribution in [2.75, 3.05) is 12.4 Å². The molecule has 150 valence electrons. The van der Waals surface area contributed by atoms with Gasteiger partial charge < -0.3 is 10.1 Å². The Bertz CT molecular complexity index is 1080. The number of ether oxygens (including phenoxy) is 1. The Morgan fingerprint density at radius 3 is 2.48 bits per heavy atom. The Balaban J connectivity index is 1.88. The summed E-state index contributed by atoms with van der Waals surface area (Å²) >= 11 is 0. The molecule has 0 fully saturated rings. The summed E-state index contributed by atoms with van der Waals surface area (Å²) in [4.78, 5) is 24.6. The molecule has 29 heavy (non-hydrogen) atoms. The lowest BCUT2D eigenvalue weighted by molar-refractivity contribution is -0.137. The van der Waals surface area contributed by atoms with Crippen LogP contribution in [0.15, 0.2) is 65.5 Å². The minimum Gasteiger partial charge on any atom is -0.495 e. The Labute approximate surface area is 163 Å². The van der Waals surface area contributed by atoms with Gasteiger partial charge in [0.15, 0.2) is 0 Å². The van der Waals surface area contributed by atoms with E-state index in [1.807, 2.05) is 6.07 Å². The zero-order chi connectivity index (χ0) is 21.0. The lowest BCUT2D eigenvalue weighted by atomic mass is 10.1. The zero-order valence-electron chi connectivity index (χ0n) is 15.2. The predicted octanol–water partition coefficient (Wildman–Crippen LogP) is 3.57. The average Bonchev–Trinajstić information content (AvgIpc) is 2.69. The largest absolute Gasteiger partial charge is 0.495 e. The first-order chi connectivity index (χ1) is 13.8. The Kier molecular flexibility index (Phi) is 5.67. The van der Waals surface area contributed by atoms with Gasteiger partial charge in [-0.1, -0.05) is 30.3 Å². The topological polar surface area (TPSA) is 73.2 Å². The van der Waals surface area contributed by atoms with Gasteiger partial charge in [-0.25, -0.2) is 4.68 Å². The fraction of sp³-hybridized carbons (Fsp3) is 0.150. The molecule has 0 unspecified atom stereocenters. The molecule has 3 rings (SSSR count). The third-order valence-corrected chi connectivity index (χ3v) is 4.05. The van der Waals surface area contributed by atoms with E-state index in [-0.39, 0.29) is 23.7 Å². The van der Waals surface area contributed by atoms with Crippen LogP contribution >= 0.6 is 0 Å². The number of hydrogen-bond donors (Lipinski definition) is 1. The van der Waals surface area contributed by atoms with Crippen molar-refractivity contribution in [2.24, 2.45) is 0 Å². The minimum absolute atomic E-state index is 0.0592. The van der Waals surface area contributed by atoms with Gasteiger partial charge >= 0.3 is 6.18 Å². The maximum Gasteiger partial charge on any atom is 0.416 e. The second-order valence-electron chi connectivity index (χ2n) is 6.07. The summed E-state index contributed by atoms with van der Waals surface area (Å²) in [6, 6.07) is 14.2. The standard InChI is InChI=1S/C20H16F3N3O3/c1-29-17-9-7-14(20(21,22)23)11-16(17)24-19(28)15-8-10-18(27)26(25-15)12-13-5-3-2-4-6-13/h2-11H,12H2,1H3,(H,24,28). The number of alkyl halides is 3. The van der Waals surface area contributed by atoms with Crippen LogP contribution in [-0.4, -0.2) is 22.8 Å². The molecule has 0 saturated carbocycles. The summed E-state index contributed by atoms with van der Waals surface area (Å²) in [6.07, 6.45) is -4.58. The van der Waals surface area contributed by atoms with Crippen LogP contribution in [0, 0.1) is 0 Å². The summed E-state index contributed by atoms with van der Waals surface area (Å²) < 4.78 is 45.0. The lowest BCUT2D eigenvalue weighted by Gasteiger charge is -2.14. The highest BCUT2D eigenvalue weighted by Crippen LogP contribution is 2.35. The lowest BCUT2D eigenvalue weighted by Crippen LogP contribution is -2.26. The highest BCUT2D eigenvalue weighted by molar-refractivity contribution is 6.03. The second kappa shape index (κ2) is 8.17. The van der Waals surface area contributed by atoms with Gasteiger partial charge in [0.2, 0.25) is 0 Å². The quantitative estimate of drug-likeness (QED) is 0.707. The fourth-order valence-corrected chi connectivity index (χ4v) is 2.61. The Morgan fingerprint density at radius 2 is 1.83 bits per heavy atom. The number of anilines is 1. The molecule has 0 bridgehead atoms. The first-order valence-corrected chi connectivity index (χ1v) is 8.46. The van der Waals surface area contributed by atoms with Crippen LogP contribution in [0.5, 0.6) is 5.75 Å². The monoisotopic (exact) mass is 403 g/mol. The van der Waals surface area contributed by atoms with Gasteiger partial charge in [-0.05, 0) is 29.8 Å². The molecule has 9 heteroatoms. The number of halogens is 3. The summed E-state index contributed by atoms with van der Waals surface area (Å²) in [5.41, 5.74) is -0.827. The maximum atomic E-state index is 13.0. The molecule has 1 N–H and O–H groups in total. The SMILES string of the molecule is COc1ccc(C(F)(F)F)cc1NC(=O)c1ccc(=O)n(Cc2ccccc2)n1. The molecule has 3 aromatic rings. The third kappa shape index (κ3) is 4.81. The van der Waals surface area contributed by atoms with Crippen LogP contribution in [0.1, 0.15) is 21.6 Å². The summed E-state index contributed by atoms with van der Waals surface area (Å²) in [7, 11) is 1.27. The van der Waals surface area contributed by atoms with Crippen molar-refractivity contribution in [3.8, 4) is 5.75 Å². The van der Waals surface area contributed by atoms with Gasteiger partial charge in [-0.2, -0.15) is 18.3 Å². The van der Waals surface area contributed by atoms with Crippen molar-refractivity contribution in [1.82, 2.24) is 9.78 Å². The highest BCUT2D eigenvalue weighted by atomic mass is 19.4. The van der Waals surface area contributed by atoms with Crippen molar-refractivity contribution in [3.05, 3.63) is 87.8 Å². The first-order valence-electron chi connectivity index (χ1n) is 8.46. The van der Waals surface area contributed by atoms with Gasteiger partial charge in [0.05, 0.1) is 24.9 Å². The summed E-state index contributed by atoms with van der Waals surface area (Å²) in [5.74, 6) is -0.714. The van der Waals surface area contributed by atoms with E-state index in [4.69, 9.17) is 4.74 Å². The van der Waals surface area contributed by atoms with Gasteiger partial charge in [0, 0.05) is 6.07 Å². The molecule has 0 atom stereocenters. The highest BCUT2D eigenvalue weighted by Gasteiger charge is 2.31. The van der Waals surface area contributed by atoms with Gasteiger partial charge in [0.1, 0.15) is 11.4 Å². The molecule has 1 amide bonds. The van der Waals surface area contributed by atoms with Crippen LogP contribution < -0.4 is 15.6 Å². The molecule has 2 aromatic carbocycles. The number of rotatable bonds is 5. The molecule has 1 heterocycles.